The van der Waals surface area contributed by atoms with Crippen LogP contribution in [0.15, 0.2) is 36.4 Å². The van der Waals surface area contributed by atoms with Crippen molar-refractivity contribution in [2.24, 2.45) is 5.92 Å². The molecular formula is C22H30N4O3. The summed E-state index contributed by atoms with van der Waals surface area (Å²) in [6.45, 7) is 7.96. The minimum Gasteiger partial charge on any atom is -0.487 e. The van der Waals surface area contributed by atoms with E-state index in [1.165, 1.54) is 0 Å². The first-order chi connectivity index (χ1) is 14.2. The van der Waals surface area contributed by atoms with Crippen LogP contribution in [0.4, 0.5) is 0 Å². The SMILES string of the molecule is CC(C1CCN(C(=O)c2cc(COc3ccccc3)[nH]n2)CC1)N1CCOCC1. The fourth-order valence-corrected chi connectivity index (χ4v) is 4.25. The van der Waals surface area contributed by atoms with E-state index in [0.717, 1.165) is 63.7 Å². The molecule has 0 bridgehead atoms. The number of H-pyrrole nitrogens is 1. The van der Waals surface area contributed by atoms with Gasteiger partial charge in [0.05, 0.1) is 18.9 Å². The maximum Gasteiger partial charge on any atom is 0.274 e. The summed E-state index contributed by atoms with van der Waals surface area (Å²) in [5.74, 6) is 1.43. The smallest absolute Gasteiger partial charge is 0.274 e. The van der Waals surface area contributed by atoms with Crippen LogP contribution in [-0.4, -0.2) is 71.3 Å². The second-order valence-electron chi connectivity index (χ2n) is 7.90. The molecule has 0 aliphatic carbocycles. The van der Waals surface area contributed by atoms with Crippen molar-refractivity contribution in [2.75, 3.05) is 39.4 Å². The predicted octanol–water partition coefficient (Wildman–Crippen LogP) is 2.56. The average molecular weight is 399 g/mol. The van der Waals surface area contributed by atoms with E-state index in [-0.39, 0.29) is 5.91 Å². The van der Waals surface area contributed by atoms with Crippen LogP contribution in [-0.2, 0) is 11.3 Å². The summed E-state index contributed by atoms with van der Waals surface area (Å²) in [5, 5.41) is 7.14. The number of benzene rings is 1. The Morgan fingerprint density at radius 3 is 2.66 bits per heavy atom. The summed E-state index contributed by atoms with van der Waals surface area (Å²) in [6.07, 6.45) is 2.08. The van der Waals surface area contributed by atoms with Crippen LogP contribution in [0.5, 0.6) is 5.75 Å². The van der Waals surface area contributed by atoms with E-state index in [4.69, 9.17) is 9.47 Å². The minimum absolute atomic E-state index is 0.00434. The van der Waals surface area contributed by atoms with Gasteiger partial charge in [-0.3, -0.25) is 14.8 Å². The van der Waals surface area contributed by atoms with E-state index in [1.54, 1.807) is 6.07 Å². The Balaban J connectivity index is 1.26. The number of morpholine rings is 1. The van der Waals surface area contributed by atoms with Crippen molar-refractivity contribution in [3.05, 3.63) is 47.8 Å². The van der Waals surface area contributed by atoms with Gasteiger partial charge in [-0.25, -0.2) is 0 Å². The third kappa shape index (κ3) is 4.97. The van der Waals surface area contributed by atoms with Crippen molar-refractivity contribution < 1.29 is 14.3 Å². The molecule has 7 heteroatoms. The molecule has 4 rings (SSSR count). The molecule has 1 unspecified atom stereocenters. The van der Waals surface area contributed by atoms with Crippen LogP contribution >= 0.6 is 0 Å². The standard InChI is InChI=1S/C22H30N4O3/c1-17(25-11-13-28-14-12-25)18-7-9-26(10-8-18)22(27)21-15-19(23-24-21)16-29-20-5-3-2-4-6-20/h2-6,15,17-18H,7-14,16H2,1H3,(H,23,24). The number of hydrogen-bond donors (Lipinski definition) is 1. The van der Waals surface area contributed by atoms with Gasteiger partial charge in [-0.2, -0.15) is 5.10 Å². The molecule has 2 fully saturated rings. The Bertz CT molecular complexity index is 780. The molecule has 1 aromatic heterocycles. The fourth-order valence-electron chi connectivity index (χ4n) is 4.25. The molecule has 156 valence electrons. The van der Waals surface area contributed by atoms with Gasteiger partial charge in [-0.05, 0) is 43.9 Å². The number of para-hydroxylation sites is 1. The molecular weight excluding hydrogens is 368 g/mol. The van der Waals surface area contributed by atoms with Gasteiger partial charge in [0.1, 0.15) is 12.4 Å². The Labute approximate surface area is 172 Å². The highest BCUT2D eigenvalue weighted by Crippen LogP contribution is 2.25. The lowest BCUT2D eigenvalue weighted by molar-refractivity contribution is -0.000986. The van der Waals surface area contributed by atoms with Crippen LogP contribution in [0.2, 0.25) is 0 Å². The number of rotatable bonds is 6. The van der Waals surface area contributed by atoms with E-state index in [0.29, 0.717) is 24.3 Å². The van der Waals surface area contributed by atoms with Crippen LogP contribution in [0.25, 0.3) is 0 Å². The minimum atomic E-state index is 0.00434. The topological polar surface area (TPSA) is 70.7 Å². The predicted molar refractivity (Wildman–Crippen MR) is 110 cm³/mol. The van der Waals surface area contributed by atoms with Gasteiger partial charge in [-0.1, -0.05) is 18.2 Å². The number of nitrogens with zero attached hydrogens (tertiary/aromatic N) is 3. The number of likely N-dealkylation sites (tertiary alicyclic amines) is 1. The molecule has 2 aromatic rings. The van der Waals surface area contributed by atoms with Crippen LogP contribution in [0.3, 0.4) is 0 Å². The molecule has 0 saturated carbocycles. The highest BCUT2D eigenvalue weighted by molar-refractivity contribution is 5.92. The number of aromatic nitrogens is 2. The summed E-state index contributed by atoms with van der Waals surface area (Å²) in [4.78, 5) is 17.3. The molecule has 7 nitrogen and oxygen atoms in total. The summed E-state index contributed by atoms with van der Waals surface area (Å²) in [5.41, 5.74) is 1.27. The second kappa shape index (κ2) is 9.41. The van der Waals surface area contributed by atoms with Crippen molar-refractivity contribution in [1.82, 2.24) is 20.0 Å². The first-order valence-corrected chi connectivity index (χ1v) is 10.5. The second-order valence-corrected chi connectivity index (χ2v) is 7.90. The average Bonchev–Trinajstić information content (AvgIpc) is 3.27. The molecule has 0 spiro atoms. The molecule has 1 aromatic carbocycles. The maximum atomic E-state index is 12.8. The molecule has 1 amide bonds. The lowest BCUT2D eigenvalue weighted by Gasteiger charge is -2.40. The first-order valence-electron chi connectivity index (χ1n) is 10.5. The summed E-state index contributed by atoms with van der Waals surface area (Å²) in [6, 6.07) is 12.0. The molecule has 29 heavy (non-hydrogen) atoms. The van der Waals surface area contributed by atoms with E-state index in [2.05, 4.69) is 22.0 Å². The largest absolute Gasteiger partial charge is 0.487 e. The van der Waals surface area contributed by atoms with Crippen LogP contribution in [0, 0.1) is 5.92 Å². The van der Waals surface area contributed by atoms with E-state index in [9.17, 15) is 4.79 Å². The zero-order chi connectivity index (χ0) is 20.1. The van der Waals surface area contributed by atoms with E-state index in [1.807, 2.05) is 35.2 Å². The highest BCUT2D eigenvalue weighted by atomic mass is 16.5. The Hall–Kier alpha value is -2.38. The lowest BCUT2D eigenvalue weighted by atomic mass is 9.89. The third-order valence-corrected chi connectivity index (χ3v) is 6.12. The molecule has 2 aliphatic rings. The Kier molecular flexibility index (Phi) is 6.46. The van der Waals surface area contributed by atoms with Gasteiger partial charge in [0.25, 0.3) is 5.91 Å². The van der Waals surface area contributed by atoms with Gasteiger partial charge < -0.3 is 14.4 Å². The third-order valence-electron chi connectivity index (χ3n) is 6.12. The zero-order valence-electron chi connectivity index (χ0n) is 17.0. The number of ether oxygens (including phenoxy) is 2. The molecule has 0 radical (unpaired) electrons. The van der Waals surface area contributed by atoms with Crippen molar-refractivity contribution in [3.8, 4) is 5.75 Å². The lowest BCUT2D eigenvalue weighted by Crippen LogP contribution is -2.49. The van der Waals surface area contributed by atoms with Crippen LogP contribution in [0.1, 0.15) is 35.9 Å². The van der Waals surface area contributed by atoms with Gasteiger partial charge in [-0.15, -0.1) is 0 Å². The normalized spacial score (nSPS) is 19.8. The number of piperidine rings is 1. The van der Waals surface area contributed by atoms with Crippen molar-refractivity contribution in [3.63, 3.8) is 0 Å². The molecule has 3 heterocycles. The molecule has 2 aliphatic heterocycles. The Morgan fingerprint density at radius 1 is 1.21 bits per heavy atom. The fraction of sp³-hybridized carbons (Fsp3) is 0.545. The number of hydrogen-bond acceptors (Lipinski definition) is 5. The summed E-state index contributed by atoms with van der Waals surface area (Å²) in [7, 11) is 0. The van der Waals surface area contributed by atoms with E-state index < -0.39 is 0 Å². The number of carbonyl (C=O) groups is 1. The number of amides is 1. The summed E-state index contributed by atoms with van der Waals surface area (Å²) < 4.78 is 11.2. The number of aromatic amines is 1. The van der Waals surface area contributed by atoms with Crippen molar-refractivity contribution >= 4 is 5.91 Å². The monoisotopic (exact) mass is 398 g/mol. The van der Waals surface area contributed by atoms with Gasteiger partial charge in [0.2, 0.25) is 0 Å². The first kappa shape index (κ1) is 19.9. The summed E-state index contributed by atoms with van der Waals surface area (Å²) >= 11 is 0. The van der Waals surface area contributed by atoms with Gasteiger partial charge >= 0.3 is 0 Å². The van der Waals surface area contributed by atoms with Crippen molar-refractivity contribution in [1.29, 1.82) is 0 Å². The molecule has 2 saturated heterocycles. The number of carbonyl (C=O) groups excluding carboxylic acids is 1. The van der Waals surface area contributed by atoms with Crippen molar-refractivity contribution in [2.45, 2.75) is 32.4 Å². The zero-order valence-corrected chi connectivity index (χ0v) is 17.0. The number of nitrogens with one attached hydrogen (secondary N) is 1. The quantitative estimate of drug-likeness (QED) is 0.810. The Morgan fingerprint density at radius 2 is 1.93 bits per heavy atom. The van der Waals surface area contributed by atoms with Crippen LogP contribution < -0.4 is 4.74 Å². The molecule has 1 atom stereocenters. The molecule has 1 N–H and O–H groups in total. The van der Waals surface area contributed by atoms with Gasteiger partial charge in [0.15, 0.2) is 5.69 Å². The van der Waals surface area contributed by atoms with E-state index >= 15 is 0 Å². The van der Waals surface area contributed by atoms with Gasteiger partial charge in [0, 0.05) is 32.2 Å². The maximum absolute atomic E-state index is 12.8. The highest BCUT2D eigenvalue weighted by Gasteiger charge is 2.30.